The van der Waals surface area contributed by atoms with E-state index in [9.17, 15) is 9.59 Å². The maximum absolute atomic E-state index is 11.5. The van der Waals surface area contributed by atoms with E-state index in [0.29, 0.717) is 5.58 Å². The number of carbonyl (C=O) groups is 2. The average molecular weight is 298 g/mol. The first-order chi connectivity index (χ1) is 8.06. The van der Waals surface area contributed by atoms with Crippen LogP contribution in [0.5, 0.6) is 0 Å². The monoisotopic (exact) mass is 297 g/mol. The number of benzene rings is 1. The highest BCUT2D eigenvalue weighted by Gasteiger charge is 2.12. The van der Waals surface area contributed by atoms with Crippen molar-refractivity contribution in [1.82, 2.24) is 5.32 Å². The highest BCUT2D eigenvalue weighted by atomic mass is 79.9. The summed E-state index contributed by atoms with van der Waals surface area (Å²) >= 11 is 3.31. The molecule has 6 heteroatoms. The van der Waals surface area contributed by atoms with Crippen LogP contribution in [0.4, 0.5) is 0 Å². The van der Waals surface area contributed by atoms with Crippen molar-refractivity contribution >= 4 is 38.8 Å². The van der Waals surface area contributed by atoms with Crippen LogP contribution in [0, 0.1) is 0 Å². The molecule has 88 valence electrons. The maximum atomic E-state index is 11.5. The Morgan fingerprint density at radius 1 is 1.35 bits per heavy atom. The van der Waals surface area contributed by atoms with E-state index in [1.165, 1.54) is 0 Å². The van der Waals surface area contributed by atoms with Crippen molar-refractivity contribution in [2.45, 2.75) is 0 Å². The summed E-state index contributed by atoms with van der Waals surface area (Å²) in [7, 11) is 0. The van der Waals surface area contributed by atoms with Gasteiger partial charge in [0.05, 0.1) is 0 Å². The van der Waals surface area contributed by atoms with Gasteiger partial charge in [-0.3, -0.25) is 9.59 Å². The van der Waals surface area contributed by atoms with Gasteiger partial charge in [-0.15, -0.1) is 0 Å². The third-order valence-electron chi connectivity index (χ3n) is 2.10. The van der Waals surface area contributed by atoms with Crippen molar-refractivity contribution in [3.8, 4) is 0 Å². The lowest BCUT2D eigenvalue weighted by Gasteiger charge is -1.97. The Kier molecular flexibility index (Phi) is 3.14. The standard InChI is InChI=1S/C11H8BrNO4/c12-7-1-2-8-6(3-7)4-9(17-8)11(16)13-5-10(14)15/h1-4H,5H2,(H,13,16)(H,14,15). The fourth-order valence-electron chi connectivity index (χ4n) is 1.37. The van der Waals surface area contributed by atoms with Gasteiger partial charge < -0.3 is 14.8 Å². The van der Waals surface area contributed by atoms with Crippen molar-refractivity contribution in [3.63, 3.8) is 0 Å². The van der Waals surface area contributed by atoms with Gasteiger partial charge in [0.2, 0.25) is 0 Å². The van der Waals surface area contributed by atoms with Gasteiger partial charge >= 0.3 is 5.97 Å². The van der Waals surface area contributed by atoms with Gasteiger partial charge in [-0.25, -0.2) is 0 Å². The van der Waals surface area contributed by atoms with Crippen LogP contribution in [-0.2, 0) is 4.79 Å². The minimum absolute atomic E-state index is 0.0966. The van der Waals surface area contributed by atoms with Gasteiger partial charge in [-0.1, -0.05) is 15.9 Å². The van der Waals surface area contributed by atoms with E-state index in [4.69, 9.17) is 9.52 Å². The zero-order valence-electron chi connectivity index (χ0n) is 8.57. The molecule has 0 saturated heterocycles. The number of halogens is 1. The molecule has 1 aromatic heterocycles. The zero-order valence-corrected chi connectivity index (χ0v) is 10.2. The third-order valence-corrected chi connectivity index (χ3v) is 2.60. The van der Waals surface area contributed by atoms with Crippen molar-refractivity contribution in [2.75, 3.05) is 6.54 Å². The average Bonchev–Trinajstić information content (AvgIpc) is 2.68. The molecule has 0 unspecified atom stereocenters. The molecule has 0 aliphatic heterocycles. The van der Waals surface area contributed by atoms with Crippen LogP contribution in [0.2, 0.25) is 0 Å². The predicted molar refractivity (Wildman–Crippen MR) is 63.9 cm³/mol. The van der Waals surface area contributed by atoms with Crippen LogP contribution in [0.1, 0.15) is 10.6 Å². The second kappa shape index (κ2) is 4.58. The van der Waals surface area contributed by atoms with Gasteiger partial charge in [0.15, 0.2) is 5.76 Å². The molecule has 0 saturated carbocycles. The molecule has 0 aliphatic rings. The Morgan fingerprint density at radius 3 is 2.82 bits per heavy atom. The summed E-state index contributed by atoms with van der Waals surface area (Å²) in [5.74, 6) is -1.55. The molecule has 5 nitrogen and oxygen atoms in total. The zero-order chi connectivity index (χ0) is 12.4. The van der Waals surface area contributed by atoms with E-state index in [1.807, 2.05) is 6.07 Å². The Hall–Kier alpha value is -1.82. The molecule has 0 fully saturated rings. The lowest BCUT2D eigenvalue weighted by molar-refractivity contribution is -0.135. The number of carbonyl (C=O) groups excluding carboxylic acids is 1. The molecule has 1 heterocycles. The highest BCUT2D eigenvalue weighted by Crippen LogP contribution is 2.23. The number of furan rings is 1. The lowest BCUT2D eigenvalue weighted by Crippen LogP contribution is -2.28. The normalized spacial score (nSPS) is 10.4. The van der Waals surface area contributed by atoms with Crippen molar-refractivity contribution in [2.24, 2.45) is 0 Å². The second-order valence-corrected chi connectivity index (χ2v) is 4.28. The maximum Gasteiger partial charge on any atom is 0.322 e. The molecule has 1 aromatic carbocycles. The van der Waals surface area contributed by atoms with Crippen LogP contribution in [0.25, 0.3) is 11.0 Å². The second-order valence-electron chi connectivity index (χ2n) is 3.37. The fraction of sp³-hybridized carbons (Fsp3) is 0.0909. The third kappa shape index (κ3) is 2.65. The topological polar surface area (TPSA) is 79.5 Å². The molecule has 2 N–H and O–H groups in total. The van der Waals surface area contributed by atoms with Crippen LogP contribution in [0.15, 0.2) is 33.2 Å². The first-order valence-electron chi connectivity index (χ1n) is 4.75. The minimum Gasteiger partial charge on any atom is -0.480 e. The molecule has 1 amide bonds. The SMILES string of the molecule is O=C(O)CNC(=O)c1cc2cc(Br)ccc2o1. The molecule has 0 radical (unpaired) electrons. The quantitative estimate of drug-likeness (QED) is 0.908. The first kappa shape index (κ1) is 11.7. The summed E-state index contributed by atoms with van der Waals surface area (Å²) in [6.07, 6.45) is 0. The number of carboxylic acid groups (broad SMARTS) is 1. The minimum atomic E-state index is -1.10. The predicted octanol–water partition coefficient (Wildman–Crippen LogP) is 2.01. The lowest BCUT2D eigenvalue weighted by atomic mass is 10.2. The van der Waals surface area contributed by atoms with Crippen molar-refractivity contribution < 1.29 is 19.1 Å². The number of nitrogens with one attached hydrogen (secondary N) is 1. The number of amides is 1. The number of fused-ring (bicyclic) bond motifs is 1. The Morgan fingerprint density at radius 2 is 2.12 bits per heavy atom. The van der Waals surface area contributed by atoms with Gasteiger partial charge in [0, 0.05) is 9.86 Å². The molecular weight excluding hydrogens is 290 g/mol. The molecule has 17 heavy (non-hydrogen) atoms. The van der Waals surface area contributed by atoms with Crippen molar-refractivity contribution in [1.29, 1.82) is 0 Å². The van der Waals surface area contributed by atoms with E-state index < -0.39 is 18.4 Å². The van der Waals surface area contributed by atoms with E-state index in [1.54, 1.807) is 18.2 Å². The van der Waals surface area contributed by atoms with Crippen LogP contribution < -0.4 is 5.32 Å². The Bertz CT molecular complexity index is 590. The van der Waals surface area contributed by atoms with Crippen LogP contribution >= 0.6 is 15.9 Å². The first-order valence-corrected chi connectivity index (χ1v) is 5.54. The van der Waals surface area contributed by atoms with Crippen molar-refractivity contribution in [3.05, 3.63) is 34.5 Å². The summed E-state index contributed by atoms with van der Waals surface area (Å²) in [5, 5.41) is 11.4. The smallest absolute Gasteiger partial charge is 0.322 e. The summed E-state index contributed by atoms with van der Waals surface area (Å²) in [5.41, 5.74) is 0.577. The molecular formula is C11H8BrNO4. The van der Waals surface area contributed by atoms with Gasteiger partial charge in [-0.05, 0) is 24.3 Å². The van der Waals surface area contributed by atoms with E-state index >= 15 is 0 Å². The molecule has 0 spiro atoms. The molecule has 0 bridgehead atoms. The fourth-order valence-corrected chi connectivity index (χ4v) is 1.75. The molecule has 0 atom stereocenters. The van der Waals surface area contributed by atoms with E-state index in [2.05, 4.69) is 21.2 Å². The van der Waals surface area contributed by atoms with Crippen LogP contribution in [-0.4, -0.2) is 23.5 Å². The number of carboxylic acids is 1. The summed E-state index contributed by atoms with van der Waals surface area (Å²) in [6, 6.07) is 6.91. The van der Waals surface area contributed by atoms with E-state index in [-0.39, 0.29) is 5.76 Å². The number of aliphatic carboxylic acids is 1. The Labute approximate surface area is 105 Å². The largest absolute Gasteiger partial charge is 0.480 e. The molecule has 2 rings (SSSR count). The highest BCUT2D eigenvalue weighted by molar-refractivity contribution is 9.10. The van der Waals surface area contributed by atoms with Gasteiger partial charge in [0.25, 0.3) is 5.91 Å². The van der Waals surface area contributed by atoms with Gasteiger partial charge in [-0.2, -0.15) is 0 Å². The number of hydrogen-bond acceptors (Lipinski definition) is 3. The Balaban J connectivity index is 2.24. The summed E-state index contributed by atoms with van der Waals surface area (Å²) in [6.45, 7) is -0.431. The summed E-state index contributed by atoms with van der Waals surface area (Å²) in [4.78, 5) is 21.8. The van der Waals surface area contributed by atoms with Crippen LogP contribution in [0.3, 0.4) is 0 Å². The number of rotatable bonds is 3. The summed E-state index contributed by atoms with van der Waals surface area (Å²) < 4.78 is 6.17. The van der Waals surface area contributed by atoms with Gasteiger partial charge in [0.1, 0.15) is 12.1 Å². The number of hydrogen-bond donors (Lipinski definition) is 2. The molecule has 0 aliphatic carbocycles. The molecule has 2 aromatic rings. The van der Waals surface area contributed by atoms with E-state index in [0.717, 1.165) is 9.86 Å².